The summed E-state index contributed by atoms with van der Waals surface area (Å²) in [5, 5.41) is 10.1. The van der Waals surface area contributed by atoms with Crippen LogP contribution in [0.5, 0.6) is 0 Å². The Morgan fingerprint density at radius 1 is 1.16 bits per heavy atom. The van der Waals surface area contributed by atoms with E-state index in [1.807, 2.05) is 0 Å². The largest absolute Gasteiger partial charge is 0.393 e. The van der Waals surface area contributed by atoms with Gasteiger partial charge in [-0.05, 0) is 50.9 Å². The number of aliphatic hydroxyl groups excluding tert-OH is 1. The molecule has 1 aliphatic heterocycles. The third-order valence-corrected chi connectivity index (χ3v) is 4.53. The lowest BCUT2D eigenvalue weighted by Crippen LogP contribution is -2.33. The van der Waals surface area contributed by atoms with E-state index in [0.29, 0.717) is 12.8 Å². The zero-order valence-corrected chi connectivity index (χ0v) is 11.2. The first kappa shape index (κ1) is 15.1. The molecule has 19 heavy (non-hydrogen) atoms. The van der Waals surface area contributed by atoms with E-state index < -0.39 is 18.2 Å². The van der Waals surface area contributed by atoms with Gasteiger partial charge in [-0.15, -0.1) is 0 Å². The molecule has 1 aliphatic carbocycles. The van der Waals surface area contributed by atoms with Crippen LogP contribution in [0.25, 0.3) is 0 Å². The molecule has 0 bridgehead atoms. The van der Waals surface area contributed by atoms with Gasteiger partial charge in [0.15, 0.2) is 0 Å². The Bertz CT molecular complexity index is 274. The van der Waals surface area contributed by atoms with Crippen LogP contribution in [0.1, 0.15) is 51.4 Å². The summed E-state index contributed by atoms with van der Waals surface area (Å²) in [4.78, 5) is 0. The van der Waals surface area contributed by atoms with Gasteiger partial charge in [-0.25, -0.2) is 0 Å². The van der Waals surface area contributed by atoms with E-state index in [9.17, 15) is 18.3 Å². The third-order valence-electron chi connectivity index (χ3n) is 4.53. The molecule has 2 rings (SSSR count). The van der Waals surface area contributed by atoms with Gasteiger partial charge >= 0.3 is 6.18 Å². The minimum Gasteiger partial charge on any atom is -0.393 e. The summed E-state index contributed by atoms with van der Waals surface area (Å²) in [6.45, 7) is 0.778. The van der Waals surface area contributed by atoms with E-state index in [-0.39, 0.29) is 24.9 Å². The van der Waals surface area contributed by atoms with Crippen LogP contribution >= 0.6 is 0 Å². The highest BCUT2D eigenvalue weighted by molar-refractivity contribution is 4.82. The number of hydrogen-bond donors (Lipinski definition) is 1. The SMILES string of the molecule is OC(CCC1CCCO1)C1CCCC(C(F)(F)F)C1. The van der Waals surface area contributed by atoms with Gasteiger partial charge in [0.1, 0.15) is 0 Å². The topological polar surface area (TPSA) is 29.5 Å². The lowest BCUT2D eigenvalue weighted by molar-refractivity contribution is -0.189. The smallest absolute Gasteiger partial charge is 0.391 e. The fourth-order valence-corrected chi connectivity index (χ4v) is 3.34. The van der Waals surface area contributed by atoms with Crippen molar-refractivity contribution in [3.63, 3.8) is 0 Å². The summed E-state index contributed by atoms with van der Waals surface area (Å²) in [6, 6.07) is 0. The van der Waals surface area contributed by atoms with Crippen LogP contribution in [0.4, 0.5) is 13.2 Å². The molecule has 1 N–H and O–H groups in total. The Balaban J connectivity index is 1.76. The van der Waals surface area contributed by atoms with Crippen molar-refractivity contribution in [2.75, 3.05) is 6.61 Å². The predicted molar refractivity (Wildman–Crippen MR) is 65.7 cm³/mol. The van der Waals surface area contributed by atoms with E-state index in [0.717, 1.165) is 32.3 Å². The maximum absolute atomic E-state index is 12.7. The lowest BCUT2D eigenvalue weighted by atomic mass is 9.77. The van der Waals surface area contributed by atoms with E-state index >= 15 is 0 Å². The summed E-state index contributed by atoms with van der Waals surface area (Å²) in [6.07, 6.45) is 0.523. The fourth-order valence-electron chi connectivity index (χ4n) is 3.34. The Morgan fingerprint density at radius 2 is 1.95 bits per heavy atom. The van der Waals surface area contributed by atoms with Crippen LogP contribution in [0.3, 0.4) is 0 Å². The highest BCUT2D eigenvalue weighted by Gasteiger charge is 2.43. The average molecular weight is 280 g/mol. The first-order valence-electron chi connectivity index (χ1n) is 7.33. The molecule has 0 aromatic heterocycles. The zero-order chi connectivity index (χ0) is 13.9. The quantitative estimate of drug-likeness (QED) is 0.851. The predicted octanol–water partition coefficient (Wildman–Crippen LogP) is 3.68. The van der Waals surface area contributed by atoms with E-state index in [1.165, 1.54) is 0 Å². The zero-order valence-electron chi connectivity index (χ0n) is 11.2. The summed E-state index contributed by atoms with van der Waals surface area (Å²) >= 11 is 0. The van der Waals surface area contributed by atoms with Crippen molar-refractivity contribution >= 4 is 0 Å². The maximum atomic E-state index is 12.7. The van der Waals surface area contributed by atoms with Crippen molar-refractivity contribution in [1.29, 1.82) is 0 Å². The summed E-state index contributed by atoms with van der Waals surface area (Å²) < 4.78 is 43.6. The molecular formula is C14H23F3O2. The molecule has 1 heterocycles. The number of rotatable bonds is 4. The van der Waals surface area contributed by atoms with Crippen molar-refractivity contribution in [2.45, 2.75) is 69.8 Å². The molecule has 112 valence electrons. The highest BCUT2D eigenvalue weighted by Crippen LogP contribution is 2.41. The standard InChI is InChI=1S/C14H23F3O2/c15-14(16,17)11-4-1-3-10(9-11)13(18)7-6-12-5-2-8-19-12/h10-13,18H,1-9H2. The van der Waals surface area contributed by atoms with Crippen molar-refractivity contribution in [1.82, 2.24) is 0 Å². The first-order valence-corrected chi connectivity index (χ1v) is 7.33. The van der Waals surface area contributed by atoms with Crippen molar-refractivity contribution in [2.24, 2.45) is 11.8 Å². The first-order chi connectivity index (χ1) is 8.97. The van der Waals surface area contributed by atoms with Gasteiger partial charge < -0.3 is 9.84 Å². The molecule has 0 radical (unpaired) electrons. The van der Waals surface area contributed by atoms with E-state index in [2.05, 4.69) is 0 Å². The molecule has 2 nitrogen and oxygen atoms in total. The summed E-state index contributed by atoms with van der Waals surface area (Å²) in [7, 11) is 0. The molecule has 0 aromatic carbocycles. The lowest BCUT2D eigenvalue weighted by Gasteiger charge is -2.33. The van der Waals surface area contributed by atoms with Gasteiger partial charge in [-0.3, -0.25) is 0 Å². The number of halogens is 3. The molecule has 0 spiro atoms. The summed E-state index contributed by atoms with van der Waals surface area (Å²) in [5.41, 5.74) is 0. The highest BCUT2D eigenvalue weighted by atomic mass is 19.4. The van der Waals surface area contributed by atoms with E-state index in [4.69, 9.17) is 4.74 Å². The Labute approximate surface area is 112 Å². The third kappa shape index (κ3) is 4.35. The second-order valence-corrected chi connectivity index (χ2v) is 5.94. The van der Waals surface area contributed by atoms with Crippen LogP contribution < -0.4 is 0 Å². The number of ether oxygens (including phenoxy) is 1. The van der Waals surface area contributed by atoms with Crippen LogP contribution in [0.15, 0.2) is 0 Å². The second-order valence-electron chi connectivity index (χ2n) is 5.94. The van der Waals surface area contributed by atoms with E-state index in [1.54, 1.807) is 0 Å². The van der Waals surface area contributed by atoms with Crippen LogP contribution in [0.2, 0.25) is 0 Å². The molecule has 1 saturated carbocycles. The van der Waals surface area contributed by atoms with Crippen LogP contribution in [-0.4, -0.2) is 30.1 Å². The van der Waals surface area contributed by atoms with Crippen molar-refractivity contribution < 1.29 is 23.0 Å². The molecule has 4 atom stereocenters. The molecule has 4 unspecified atom stereocenters. The number of aliphatic hydroxyl groups is 1. The normalized spacial score (nSPS) is 34.4. The molecule has 0 aromatic rings. The fraction of sp³-hybridized carbons (Fsp3) is 1.00. The van der Waals surface area contributed by atoms with Crippen molar-refractivity contribution in [3.8, 4) is 0 Å². The minimum absolute atomic E-state index is 0.0934. The average Bonchev–Trinajstić information content (AvgIpc) is 2.88. The maximum Gasteiger partial charge on any atom is 0.391 e. The molecule has 0 amide bonds. The molecule has 1 saturated heterocycles. The molecule has 5 heteroatoms. The van der Waals surface area contributed by atoms with Crippen molar-refractivity contribution in [3.05, 3.63) is 0 Å². The summed E-state index contributed by atoms with van der Waals surface area (Å²) in [5.74, 6) is -1.41. The Morgan fingerprint density at radius 3 is 2.58 bits per heavy atom. The van der Waals surface area contributed by atoms with Crippen LogP contribution in [-0.2, 0) is 4.74 Å². The van der Waals surface area contributed by atoms with Gasteiger partial charge in [0.05, 0.1) is 18.1 Å². The second kappa shape index (κ2) is 6.44. The van der Waals surface area contributed by atoms with Gasteiger partial charge in [0, 0.05) is 6.61 Å². The molecule has 2 aliphatic rings. The van der Waals surface area contributed by atoms with Gasteiger partial charge in [-0.1, -0.05) is 6.42 Å². The molecular weight excluding hydrogens is 257 g/mol. The number of alkyl halides is 3. The van der Waals surface area contributed by atoms with Gasteiger partial charge in [0.25, 0.3) is 0 Å². The number of hydrogen-bond acceptors (Lipinski definition) is 2. The Hall–Kier alpha value is -0.290. The molecule has 2 fully saturated rings. The van der Waals surface area contributed by atoms with Gasteiger partial charge in [0.2, 0.25) is 0 Å². The monoisotopic (exact) mass is 280 g/mol. The minimum atomic E-state index is -4.10. The Kier molecular flexibility index (Phi) is 5.12. The van der Waals surface area contributed by atoms with Crippen LogP contribution in [0, 0.1) is 11.8 Å². The van der Waals surface area contributed by atoms with Gasteiger partial charge in [-0.2, -0.15) is 13.2 Å².